The lowest BCUT2D eigenvalue weighted by atomic mass is 9.90. The molecule has 7 heteroatoms. The molecule has 176 valence electrons. The van der Waals surface area contributed by atoms with Crippen LogP contribution < -0.4 is 9.64 Å². The van der Waals surface area contributed by atoms with Gasteiger partial charge in [0.05, 0.1) is 12.1 Å². The summed E-state index contributed by atoms with van der Waals surface area (Å²) in [6, 6.07) is 21.4. The minimum absolute atomic E-state index is 0.0190. The Bertz CT molecular complexity index is 1070. The molecule has 0 atom stereocenters. The van der Waals surface area contributed by atoms with E-state index < -0.39 is 5.60 Å². The lowest BCUT2D eigenvalue weighted by Gasteiger charge is -2.33. The van der Waals surface area contributed by atoms with Gasteiger partial charge >= 0.3 is 6.09 Å². The number of carbonyl (C=O) groups is 1. The molecule has 7 nitrogen and oxygen atoms in total. The number of anilines is 1. The van der Waals surface area contributed by atoms with Crippen molar-refractivity contribution < 1.29 is 14.3 Å². The van der Waals surface area contributed by atoms with Gasteiger partial charge in [-0.15, -0.1) is 0 Å². The Morgan fingerprint density at radius 2 is 1.68 bits per heavy atom. The molecule has 0 spiro atoms. The van der Waals surface area contributed by atoms with Crippen molar-refractivity contribution in [1.29, 1.82) is 10.5 Å². The minimum atomic E-state index is -0.537. The maximum absolute atomic E-state index is 12.3. The van der Waals surface area contributed by atoms with Gasteiger partial charge in [0.1, 0.15) is 23.6 Å². The molecule has 1 heterocycles. The van der Waals surface area contributed by atoms with Gasteiger partial charge in [0, 0.05) is 30.5 Å². The second-order valence-corrected chi connectivity index (χ2v) is 9.13. The molecule has 1 aliphatic heterocycles. The molecule has 0 bridgehead atoms. The lowest BCUT2D eigenvalue weighted by molar-refractivity contribution is 0.0195. The Balaban J connectivity index is 1.67. The molecule has 0 aromatic heterocycles. The number of nitriles is 2. The van der Waals surface area contributed by atoms with E-state index in [0.29, 0.717) is 37.3 Å². The highest BCUT2D eigenvalue weighted by Gasteiger charge is 2.28. The van der Waals surface area contributed by atoms with E-state index in [-0.39, 0.29) is 18.6 Å². The number of rotatable bonds is 6. The van der Waals surface area contributed by atoms with Crippen molar-refractivity contribution in [3.8, 4) is 23.6 Å². The number of ether oxygens (including phenoxy) is 2. The zero-order valence-electron chi connectivity index (χ0n) is 19.9. The molecule has 1 aliphatic rings. The summed E-state index contributed by atoms with van der Waals surface area (Å²) in [6.07, 6.45) is 2.77. The summed E-state index contributed by atoms with van der Waals surface area (Å²) in [7, 11) is 0. The van der Waals surface area contributed by atoms with E-state index in [1.54, 1.807) is 16.0 Å². The number of nitrogens with zero attached hydrogens (tertiary/aromatic N) is 4. The summed E-state index contributed by atoms with van der Waals surface area (Å²) in [5, 5.41) is 19.2. The second-order valence-electron chi connectivity index (χ2n) is 9.13. The van der Waals surface area contributed by atoms with Crippen LogP contribution in [0.4, 0.5) is 10.5 Å². The van der Waals surface area contributed by atoms with Gasteiger partial charge in [-0.1, -0.05) is 18.2 Å². The third kappa shape index (κ3) is 7.02. The molecule has 2 aromatic carbocycles. The highest BCUT2D eigenvalue weighted by atomic mass is 16.6. The second kappa shape index (κ2) is 11.2. The third-order valence-corrected chi connectivity index (χ3v) is 5.40. The van der Waals surface area contributed by atoms with Gasteiger partial charge in [0.25, 0.3) is 0 Å². The monoisotopic (exact) mass is 458 g/mol. The summed E-state index contributed by atoms with van der Waals surface area (Å²) in [5.74, 6) is 1.45. The Hall–Kier alpha value is -3.97. The highest BCUT2D eigenvalue weighted by molar-refractivity contribution is 5.68. The standard InChI is InChI=1S/C27H30N4O3/c1-27(2,3)34-26(32)30-16-13-21(14-17-30)22(19-29)20-31(18-15-28)23-9-11-25(12-10-23)33-24-7-5-4-6-8-24/h4-12,20-21H,13-14,16-18H2,1-3H3/b22-20+. The number of allylic oxidation sites excluding steroid dienone is 1. The predicted molar refractivity (Wildman–Crippen MR) is 130 cm³/mol. The minimum Gasteiger partial charge on any atom is -0.457 e. The number of hydrogen-bond acceptors (Lipinski definition) is 6. The van der Waals surface area contributed by atoms with E-state index in [1.807, 2.05) is 75.4 Å². The lowest BCUT2D eigenvalue weighted by Crippen LogP contribution is -2.42. The van der Waals surface area contributed by atoms with Gasteiger partial charge < -0.3 is 19.3 Å². The summed E-state index contributed by atoms with van der Waals surface area (Å²) in [4.78, 5) is 15.8. The van der Waals surface area contributed by atoms with Crippen molar-refractivity contribution in [2.75, 3.05) is 24.5 Å². The van der Waals surface area contributed by atoms with Gasteiger partial charge in [-0.05, 0) is 75.9 Å². The fourth-order valence-corrected chi connectivity index (χ4v) is 3.71. The Labute approximate surface area is 201 Å². The van der Waals surface area contributed by atoms with Gasteiger partial charge in [0.2, 0.25) is 0 Å². The normalized spacial score (nSPS) is 14.6. The average Bonchev–Trinajstić information content (AvgIpc) is 2.82. The molecule has 0 saturated carbocycles. The summed E-state index contributed by atoms with van der Waals surface area (Å²) in [6.45, 7) is 6.71. The smallest absolute Gasteiger partial charge is 0.410 e. The topological polar surface area (TPSA) is 89.6 Å². The zero-order chi connectivity index (χ0) is 24.6. The maximum Gasteiger partial charge on any atom is 0.410 e. The summed E-state index contributed by atoms with van der Waals surface area (Å²) >= 11 is 0. The van der Waals surface area contributed by atoms with Crippen LogP contribution in [0.3, 0.4) is 0 Å². The zero-order valence-corrected chi connectivity index (χ0v) is 19.9. The van der Waals surface area contributed by atoms with Gasteiger partial charge in [-0.3, -0.25) is 0 Å². The van der Waals surface area contributed by atoms with Crippen molar-refractivity contribution in [2.45, 2.75) is 39.2 Å². The largest absolute Gasteiger partial charge is 0.457 e. The van der Waals surface area contributed by atoms with Crippen molar-refractivity contribution in [3.05, 3.63) is 66.4 Å². The first-order valence-corrected chi connectivity index (χ1v) is 11.4. The van der Waals surface area contributed by atoms with Crippen LogP contribution in [0.15, 0.2) is 66.4 Å². The Morgan fingerprint density at radius 3 is 2.24 bits per heavy atom. The average molecular weight is 459 g/mol. The van der Waals surface area contributed by atoms with E-state index in [9.17, 15) is 15.3 Å². The van der Waals surface area contributed by atoms with Gasteiger partial charge in [0.15, 0.2) is 0 Å². The van der Waals surface area contributed by atoms with Crippen LogP contribution in [-0.2, 0) is 4.74 Å². The first kappa shape index (κ1) is 24.7. The number of para-hydroxylation sites is 1. The van der Waals surface area contributed by atoms with Crippen molar-refractivity contribution in [1.82, 2.24) is 4.90 Å². The maximum atomic E-state index is 12.3. The first-order chi connectivity index (χ1) is 16.3. The third-order valence-electron chi connectivity index (χ3n) is 5.40. The molecule has 0 aliphatic carbocycles. The number of carbonyl (C=O) groups excluding carboxylic acids is 1. The molecule has 1 saturated heterocycles. The number of likely N-dealkylation sites (tertiary alicyclic amines) is 1. The van der Waals surface area contributed by atoms with Crippen LogP contribution >= 0.6 is 0 Å². The number of piperidine rings is 1. The van der Waals surface area contributed by atoms with Gasteiger partial charge in [-0.25, -0.2) is 4.79 Å². The van der Waals surface area contributed by atoms with Crippen molar-refractivity contribution in [3.63, 3.8) is 0 Å². The molecule has 3 rings (SSSR count). The molecular formula is C27H30N4O3. The SMILES string of the molecule is CC(C)(C)OC(=O)N1CCC(/C(C#N)=C/N(CC#N)c2ccc(Oc3ccccc3)cc2)CC1. The Morgan fingerprint density at radius 1 is 1.06 bits per heavy atom. The molecule has 1 amide bonds. The van der Waals surface area contributed by atoms with Crippen molar-refractivity contribution in [2.24, 2.45) is 5.92 Å². The van der Waals surface area contributed by atoms with E-state index in [2.05, 4.69) is 12.1 Å². The molecular weight excluding hydrogens is 428 g/mol. The van der Waals surface area contributed by atoms with Crippen LogP contribution in [0.5, 0.6) is 11.5 Å². The fourth-order valence-electron chi connectivity index (χ4n) is 3.71. The van der Waals surface area contributed by atoms with Crippen LogP contribution in [0.2, 0.25) is 0 Å². The predicted octanol–water partition coefficient (Wildman–Crippen LogP) is 5.86. The van der Waals surface area contributed by atoms with Crippen LogP contribution in [0.1, 0.15) is 33.6 Å². The molecule has 0 N–H and O–H groups in total. The van der Waals surface area contributed by atoms with Gasteiger partial charge in [-0.2, -0.15) is 10.5 Å². The van der Waals surface area contributed by atoms with Crippen molar-refractivity contribution >= 4 is 11.8 Å². The number of hydrogen-bond donors (Lipinski definition) is 0. The Kier molecular flexibility index (Phi) is 8.16. The van der Waals surface area contributed by atoms with Crippen LogP contribution in [-0.4, -0.2) is 36.2 Å². The van der Waals surface area contributed by atoms with E-state index >= 15 is 0 Å². The van der Waals surface area contributed by atoms with E-state index in [0.717, 1.165) is 11.4 Å². The first-order valence-electron chi connectivity index (χ1n) is 11.4. The van der Waals surface area contributed by atoms with Crippen LogP contribution in [0, 0.1) is 28.6 Å². The highest BCUT2D eigenvalue weighted by Crippen LogP contribution is 2.28. The summed E-state index contributed by atoms with van der Waals surface area (Å²) < 4.78 is 11.3. The van der Waals surface area contributed by atoms with E-state index in [1.165, 1.54) is 0 Å². The number of benzene rings is 2. The molecule has 1 fully saturated rings. The molecule has 34 heavy (non-hydrogen) atoms. The molecule has 2 aromatic rings. The summed E-state index contributed by atoms with van der Waals surface area (Å²) in [5.41, 5.74) is 0.857. The fraction of sp³-hybridized carbons (Fsp3) is 0.370. The molecule has 0 radical (unpaired) electrons. The van der Waals surface area contributed by atoms with Crippen LogP contribution in [0.25, 0.3) is 0 Å². The van der Waals surface area contributed by atoms with E-state index in [4.69, 9.17) is 9.47 Å². The molecule has 0 unspecified atom stereocenters. The quantitative estimate of drug-likeness (QED) is 0.398. The number of amides is 1.